The van der Waals surface area contributed by atoms with Crippen molar-refractivity contribution in [3.05, 3.63) is 53.6 Å². The van der Waals surface area contributed by atoms with E-state index >= 15 is 0 Å². The van der Waals surface area contributed by atoms with Gasteiger partial charge in [0.15, 0.2) is 0 Å². The highest BCUT2D eigenvalue weighted by Gasteiger charge is 2.43. The minimum absolute atomic E-state index is 0.00169. The maximum Gasteiger partial charge on any atom is 0.270 e. The van der Waals surface area contributed by atoms with Crippen LogP contribution in [0.5, 0.6) is 0 Å². The summed E-state index contributed by atoms with van der Waals surface area (Å²) < 4.78 is 12.0. The maximum atomic E-state index is 14.3. The molecule has 71 heavy (non-hydrogen) atoms. The standard InChI is InChI=1S/C51H81BrN10O9/c1-15-31(6)44(61(12)51(69)42(29(2)3)59-50(68)43(30(4)5)60(10)11)40(70-13)26-41(63)62-23-17-20-39(62)45(71-14)32(7)46(64)53-22-21-35-18-16-19-36(24-35)58-48(66)34(9)56-47(65)33(8)57-49(67)38-25-37(27-52)54-28-55-38/h16,18-19,24-25,28-34,39-40,42-45H,15,17,20-23,26-27H2,1-14H3,(H,53,64)(H,56,65)(H,57,67)(H,58,66)(H,59,68)/t31-,32+,33-,34-,39-,40+,42-,43-,44-,45+/m0/s1. The van der Waals surface area contributed by atoms with E-state index < -0.39 is 66.1 Å². The van der Waals surface area contributed by atoms with Gasteiger partial charge in [-0.25, -0.2) is 9.97 Å². The molecule has 2 aromatic rings. The van der Waals surface area contributed by atoms with Crippen LogP contribution in [-0.2, 0) is 50.0 Å². The van der Waals surface area contributed by atoms with Crippen LogP contribution in [0.3, 0.4) is 0 Å². The summed E-state index contributed by atoms with van der Waals surface area (Å²) in [6.07, 6.45) is 2.55. The zero-order valence-electron chi connectivity index (χ0n) is 44.3. The van der Waals surface area contributed by atoms with Crippen LogP contribution in [0, 0.1) is 23.7 Å². The summed E-state index contributed by atoms with van der Waals surface area (Å²) in [7, 11) is 8.51. The van der Waals surface area contributed by atoms with Crippen molar-refractivity contribution >= 4 is 63.0 Å². The molecule has 7 amide bonds. The number of carbonyl (C=O) groups is 7. The van der Waals surface area contributed by atoms with E-state index in [0.717, 1.165) is 12.0 Å². The summed E-state index contributed by atoms with van der Waals surface area (Å²) in [5.74, 6) is -3.27. The number of hydrogen-bond donors (Lipinski definition) is 5. The number of ether oxygens (including phenoxy) is 2. The normalized spacial score (nSPS) is 17.5. The molecule has 1 fully saturated rings. The molecule has 1 aromatic carbocycles. The third kappa shape index (κ3) is 17.0. The number of halogens is 1. The Hall–Kier alpha value is -5.05. The average Bonchev–Trinajstić information content (AvgIpc) is 3.82. The molecule has 0 radical (unpaired) electrons. The van der Waals surface area contributed by atoms with Crippen molar-refractivity contribution in [1.82, 2.24) is 45.9 Å². The topological polar surface area (TPSA) is 234 Å². The van der Waals surface area contributed by atoms with Gasteiger partial charge < -0.3 is 45.9 Å². The second-order valence-electron chi connectivity index (χ2n) is 19.7. The number of likely N-dealkylation sites (tertiary alicyclic amines) is 1. The summed E-state index contributed by atoms with van der Waals surface area (Å²) in [5, 5.41) is 14.5. The summed E-state index contributed by atoms with van der Waals surface area (Å²) in [4.78, 5) is 108. The molecule has 396 valence electrons. The molecule has 0 bridgehead atoms. The lowest BCUT2D eigenvalue weighted by Crippen LogP contribution is -2.59. The van der Waals surface area contributed by atoms with E-state index in [-0.39, 0.29) is 59.5 Å². The number of alkyl halides is 1. The maximum absolute atomic E-state index is 14.3. The number of aromatic nitrogens is 2. The third-order valence-electron chi connectivity index (χ3n) is 13.4. The van der Waals surface area contributed by atoms with Crippen LogP contribution in [-0.4, -0.2) is 163 Å². The summed E-state index contributed by atoms with van der Waals surface area (Å²) in [5.41, 5.74) is 2.06. The van der Waals surface area contributed by atoms with E-state index in [4.69, 9.17) is 9.47 Å². The van der Waals surface area contributed by atoms with Crippen molar-refractivity contribution in [2.75, 3.05) is 53.8 Å². The first-order valence-corrected chi connectivity index (χ1v) is 25.9. The molecule has 0 unspecified atom stereocenters. The third-order valence-corrected chi connectivity index (χ3v) is 14.0. The molecule has 0 saturated carbocycles. The van der Waals surface area contributed by atoms with E-state index in [1.165, 1.54) is 26.2 Å². The quantitative estimate of drug-likeness (QED) is 0.0802. The van der Waals surface area contributed by atoms with Gasteiger partial charge in [-0.05, 0) is 88.7 Å². The van der Waals surface area contributed by atoms with Crippen molar-refractivity contribution < 1.29 is 43.0 Å². The number of anilines is 1. The lowest BCUT2D eigenvalue weighted by molar-refractivity contribution is -0.148. The smallest absolute Gasteiger partial charge is 0.270 e. The molecule has 2 heterocycles. The monoisotopic (exact) mass is 1060 g/mol. The van der Waals surface area contributed by atoms with Gasteiger partial charge in [0.05, 0.1) is 48.4 Å². The number of rotatable bonds is 27. The molecule has 0 spiro atoms. The Morgan fingerprint density at radius 3 is 2.10 bits per heavy atom. The van der Waals surface area contributed by atoms with Crippen LogP contribution >= 0.6 is 15.9 Å². The van der Waals surface area contributed by atoms with Crippen molar-refractivity contribution in [3.8, 4) is 0 Å². The average molecular weight is 1060 g/mol. The zero-order valence-corrected chi connectivity index (χ0v) is 45.9. The minimum Gasteiger partial charge on any atom is -0.379 e. The number of hydrogen-bond acceptors (Lipinski definition) is 12. The van der Waals surface area contributed by atoms with Gasteiger partial charge in [-0.2, -0.15) is 0 Å². The highest BCUT2D eigenvalue weighted by molar-refractivity contribution is 9.08. The van der Waals surface area contributed by atoms with Crippen LogP contribution in [0.1, 0.15) is 110 Å². The van der Waals surface area contributed by atoms with Crippen molar-refractivity contribution in [3.63, 3.8) is 0 Å². The second-order valence-corrected chi connectivity index (χ2v) is 20.2. The summed E-state index contributed by atoms with van der Waals surface area (Å²) in [6, 6.07) is 4.74. The van der Waals surface area contributed by atoms with Crippen molar-refractivity contribution in [2.45, 2.75) is 148 Å². The van der Waals surface area contributed by atoms with Crippen LogP contribution in [0.15, 0.2) is 36.7 Å². The number of likely N-dealkylation sites (N-methyl/N-ethyl adjacent to an activating group) is 2. The fourth-order valence-electron chi connectivity index (χ4n) is 9.29. The number of nitrogens with zero attached hydrogens (tertiary/aromatic N) is 5. The van der Waals surface area contributed by atoms with Crippen LogP contribution in [0.4, 0.5) is 5.69 Å². The van der Waals surface area contributed by atoms with Gasteiger partial charge in [-0.3, -0.25) is 38.5 Å². The van der Waals surface area contributed by atoms with Gasteiger partial charge in [0.1, 0.15) is 30.1 Å². The van der Waals surface area contributed by atoms with Crippen molar-refractivity contribution in [2.24, 2.45) is 23.7 Å². The molecule has 10 atom stereocenters. The van der Waals surface area contributed by atoms with E-state index in [1.807, 2.05) is 66.6 Å². The van der Waals surface area contributed by atoms with Gasteiger partial charge in [0, 0.05) is 45.4 Å². The predicted octanol–water partition coefficient (Wildman–Crippen LogP) is 3.94. The van der Waals surface area contributed by atoms with Crippen LogP contribution < -0.4 is 26.6 Å². The first-order valence-electron chi connectivity index (χ1n) is 24.8. The summed E-state index contributed by atoms with van der Waals surface area (Å²) >= 11 is 3.29. The van der Waals surface area contributed by atoms with Crippen LogP contribution in [0.25, 0.3) is 0 Å². The fourth-order valence-corrected chi connectivity index (χ4v) is 9.60. The fraction of sp³-hybridized carbons (Fsp3) is 0.667. The lowest BCUT2D eigenvalue weighted by Gasteiger charge is -2.41. The number of nitrogens with one attached hydrogen (secondary N) is 5. The Morgan fingerprint density at radius 2 is 1.51 bits per heavy atom. The van der Waals surface area contributed by atoms with Gasteiger partial charge >= 0.3 is 0 Å². The van der Waals surface area contributed by atoms with Crippen molar-refractivity contribution in [1.29, 1.82) is 0 Å². The number of amides is 7. The highest BCUT2D eigenvalue weighted by atomic mass is 79.9. The zero-order chi connectivity index (χ0) is 53.3. The SMILES string of the molecule is CC[C@H](C)[C@@H]([C@@H](CC(=O)N1CCC[C@H]1[C@H](OC)[C@@H](C)C(=O)NCCc1cccc(NC(=O)[C@H](C)NC(=O)[C@H](C)NC(=O)c2cc(CBr)ncn2)c1)OC)N(C)C(=O)[C@@H](NC(=O)[C@H](C(C)C)N(C)C)C(C)C. The number of methoxy groups -OCH3 is 2. The molecule has 1 aliphatic rings. The Kier molecular flexibility index (Phi) is 24.5. The predicted molar refractivity (Wildman–Crippen MR) is 276 cm³/mol. The first kappa shape index (κ1) is 60.3. The number of carbonyl (C=O) groups excluding carboxylic acids is 7. The largest absolute Gasteiger partial charge is 0.379 e. The molecule has 19 nitrogen and oxygen atoms in total. The van der Waals surface area contributed by atoms with E-state index in [9.17, 15) is 33.6 Å². The number of benzene rings is 1. The van der Waals surface area contributed by atoms with Gasteiger partial charge in [0.2, 0.25) is 35.4 Å². The molecule has 0 aliphatic carbocycles. The highest BCUT2D eigenvalue weighted by Crippen LogP contribution is 2.30. The van der Waals surface area contributed by atoms with Crippen LogP contribution in [0.2, 0.25) is 0 Å². The van der Waals surface area contributed by atoms with E-state index in [2.05, 4.69) is 52.5 Å². The van der Waals surface area contributed by atoms with Gasteiger partial charge in [0.25, 0.3) is 5.91 Å². The first-order chi connectivity index (χ1) is 33.5. The molecule has 1 aliphatic heterocycles. The molecular weight excluding hydrogens is 977 g/mol. The molecule has 5 N–H and O–H groups in total. The molecule has 20 heteroatoms. The lowest BCUT2D eigenvalue weighted by atomic mass is 9.89. The molecular formula is C51H81BrN10O9. The van der Waals surface area contributed by atoms with E-state index in [1.54, 1.807) is 56.2 Å². The Morgan fingerprint density at radius 1 is 0.831 bits per heavy atom. The Labute approximate surface area is 429 Å². The minimum atomic E-state index is -0.952. The molecule has 1 aromatic heterocycles. The summed E-state index contributed by atoms with van der Waals surface area (Å²) in [6.45, 7) is 17.4. The Balaban J connectivity index is 1.61. The van der Waals surface area contributed by atoms with E-state index in [0.29, 0.717) is 49.1 Å². The molecule has 1 saturated heterocycles. The molecule has 3 rings (SSSR count). The Bertz CT molecular complexity index is 2100. The van der Waals surface area contributed by atoms with Gasteiger partial charge in [-0.1, -0.05) is 82.9 Å². The second kappa shape index (κ2) is 28.9. The van der Waals surface area contributed by atoms with Gasteiger partial charge in [-0.15, -0.1) is 0 Å².